The molecule has 1 unspecified atom stereocenters. The molecular weight excluding hydrogens is 320 g/mol. The molecule has 4 heterocycles. The lowest BCUT2D eigenvalue weighted by Gasteiger charge is -2.46. The third-order valence-corrected chi connectivity index (χ3v) is 6.04. The number of anilines is 1. The molecule has 0 saturated carbocycles. The molecule has 0 radical (unpaired) electrons. The van der Waals surface area contributed by atoms with E-state index < -0.39 is 0 Å². The Balaban J connectivity index is 1.46. The fourth-order valence-electron chi connectivity index (χ4n) is 4.80. The summed E-state index contributed by atoms with van der Waals surface area (Å²) in [5, 5.41) is 0.649. The number of aromatic nitrogens is 2. The lowest BCUT2D eigenvalue weighted by molar-refractivity contribution is 0.0272. The van der Waals surface area contributed by atoms with Gasteiger partial charge in [0.25, 0.3) is 0 Å². The number of piperidine rings is 1. The Labute approximate surface area is 146 Å². The summed E-state index contributed by atoms with van der Waals surface area (Å²) < 4.78 is 6.43. The Kier molecular flexibility index (Phi) is 3.09. The van der Waals surface area contributed by atoms with Crippen molar-refractivity contribution < 1.29 is 4.74 Å². The maximum absolute atomic E-state index is 6.63. The van der Waals surface area contributed by atoms with E-state index in [2.05, 4.69) is 33.6 Å². The van der Waals surface area contributed by atoms with Crippen LogP contribution in [-0.4, -0.2) is 27.7 Å². The molecule has 2 saturated heterocycles. The van der Waals surface area contributed by atoms with E-state index in [0.717, 1.165) is 42.8 Å². The minimum atomic E-state index is -0.275. The Bertz CT molecular complexity index is 767. The van der Waals surface area contributed by atoms with Gasteiger partial charge in [-0.3, -0.25) is 0 Å². The maximum Gasteiger partial charge on any atom is 0.147 e. The van der Waals surface area contributed by atoms with E-state index in [9.17, 15) is 0 Å². The van der Waals surface area contributed by atoms with E-state index in [4.69, 9.17) is 10.5 Å². The zero-order chi connectivity index (χ0) is 16.3. The Morgan fingerprint density at radius 3 is 2.54 bits per heavy atom. The van der Waals surface area contributed by atoms with E-state index in [1.165, 1.54) is 0 Å². The summed E-state index contributed by atoms with van der Waals surface area (Å²) in [4.78, 5) is 11.2. The molecule has 3 aliphatic heterocycles. The first kappa shape index (κ1) is 14.5. The van der Waals surface area contributed by atoms with Crippen molar-refractivity contribution >= 4 is 18.4 Å². The average Bonchev–Trinajstić information content (AvgIpc) is 3.01. The highest BCUT2D eigenvalue weighted by Gasteiger charge is 2.56. The Hall–Kier alpha value is -1.79. The van der Waals surface area contributed by atoms with E-state index in [1.807, 2.05) is 24.4 Å². The van der Waals surface area contributed by atoms with Gasteiger partial charge in [0.05, 0.1) is 18.4 Å². The van der Waals surface area contributed by atoms with Crippen molar-refractivity contribution in [3.8, 4) is 5.75 Å². The van der Waals surface area contributed by atoms with E-state index >= 15 is 0 Å². The van der Waals surface area contributed by atoms with Gasteiger partial charge in [-0.05, 0) is 18.9 Å². The topological polar surface area (TPSA) is 64.3 Å². The first-order chi connectivity index (χ1) is 11.7. The second kappa shape index (κ2) is 5.10. The molecular formula is C18H20N4OS. The molecule has 5 rings (SSSR count). The first-order valence-corrected chi connectivity index (χ1v) is 8.94. The quantitative estimate of drug-likeness (QED) is 0.782. The number of ether oxygens (including phenoxy) is 1. The molecule has 5 nitrogen and oxygen atoms in total. The van der Waals surface area contributed by atoms with Crippen LogP contribution in [0.2, 0.25) is 0 Å². The van der Waals surface area contributed by atoms with Crippen LogP contribution < -0.4 is 15.4 Å². The number of hydrogen-bond donors (Lipinski definition) is 2. The van der Waals surface area contributed by atoms with Crippen molar-refractivity contribution in [1.29, 1.82) is 0 Å². The smallest absolute Gasteiger partial charge is 0.147 e. The van der Waals surface area contributed by atoms with Gasteiger partial charge in [-0.1, -0.05) is 18.2 Å². The van der Waals surface area contributed by atoms with Crippen LogP contribution in [0, 0.1) is 0 Å². The van der Waals surface area contributed by atoms with Crippen molar-refractivity contribution in [3.63, 3.8) is 0 Å². The number of fused-ring (bicyclic) bond motifs is 3. The van der Waals surface area contributed by atoms with Crippen LogP contribution in [0.15, 0.2) is 41.7 Å². The largest absolute Gasteiger partial charge is 0.485 e. The Morgan fingerprint density at radius 1 is 1.12 bits per heavy atom. The van der Waals surface area contributed by atoms with Crippen molar-refractivity contribution in [1.82, 2.24) is 9.97 Å². The maximum atomic E-state index is 6.63. The molecule has 124 valence electrons. The summed E-state index contributed by atoms with van der Waals surface area (Å²) in [6.07, 6.45) is 7.73. The molecule has 1 aromatic heterocycles. The minimum Gasteiger partial charge on any atom is -0.485 e. The molecule has 1 spiro atoms. The number of nitrogens with two attached hydrogens (primary N) is 1. The van der Waals surface area contributed by atoms with Crippen LogP contribution in [0.1, 0.15) is 37.3 Å². The van der Waals surface area contributed by atoms with Crippen LogP contribution in [0.25, 0.3) is 0 Å². The highest BCUT2D eigenvalue weighted by molar-refractivity contribution is 7.80. The second-order valence-electron chi connectivity index (χ2n) is 7.12. The third-order valence-electron chi connectivity index (χ3n) is 5.81. The van der Waals surface area contributed by atoms with Gasteiger partial charge in [0.1, 0.15) is 22.2 Å². The fraction of sp³-hybridized carbons (Fsp3) is 0.444. The summed E-state index contributed by atoms with van der Waals surface area (Å²) >= 11 is 4.23. The van der Waals surface area contributed by atoms with Gasteiger partial charge in [-0.2, -0.15) is 0 Å². The molecule has 0 aliphatic carbocycles. The predicted octanol–water partition coefficient (Wildman–Crippen LogP) is 2.73. The van der Waals surface area contributed by atoms with Gasteiger partial charge in [0, 0.05) is 30.5 Å². The van der Waals surface area contributed by atoms with Crippen LogP contribution in [-0.2, 0) is 0 Å². The van der Waals surface area contributed by atoms with Crippen LogP contribution in [0.3, 0.4) is 0 Å². The predicted molar refractivity (Wildman–Crippen MR) is 94.5 cm³/mol. The van der Waals surface area contributed by atoms with Crippen LogP contribution in [0.5, 0.6) is 5.75 Å². The number of benzene rings is 1. The number of nitrogens with zero attached hydrogens (tertiary/aromatic N) is 3. The molecule has 24 heavy (non-hydrogen) atoms. The third kappa shape index (κ3) is 1.99. The number of para-hydroxylation sites is 1. The molecule has 1 aromatic carbocycles. The number of thiol groups is 1. The molecule has 6 heteroatoms. The van der Waals surface area contributed by atoms with Crippen molar-refractivity contribution in [2.75, 3.05) is 4.90 Å². The van der Waals surface area contributed by atoms with Crippen molar-refractivity contribution in [3.05, 3.63) is 42.2 Å². The minimum absolute atomic E-state index is 0.0511. The van der Waals surface area contributed by atoms with Gasteiger partial charge in [-0.25, -0.2) is 9.97 Å². The number of hydrogen-bond acceptors (Lipinski definition) is 6. The first-order valence-electron chi connectivity index (χ1n) is 8.49. The summed E-state index contributed by atoms with van der Waals surface area (Å²) in [5.41, 5.74) is 7.50. The highest BCUT2D eigenvalue weighted by Crippen LogP contribution is 2.53. The van der Waals surface area contributed by atoms with Crippen molar-refractivity contribution in [2.24, 2.45) is 5.73 Å². The summed E-state index contributed by atoms with van der Waals surface area (Å²) in [6, 6.07) is 8.95. The molecule has 2 N–H and O–H groups in total. The fourth-order valence-corrected chi connectivity index (χ4v) is 4.91. The van der Waals surface area contributed by atoms with E-state index in [0.29, 0.717) is 17.1 Å². The molecule has 2 bridgehead atoms. The molecule has 3 aliphatic rings. The van der Waals surface area contributed by atoms with Gasteiger partial charge in [0.15, 0.2) is 0 Å². The van der Waals surface area contributed by atoms with E-state index in [1.54, 1.807) is 6.20 Å². The normalized spacial score (nSPS) is 33.6. The van der Waals surface area contributed by atoms with Gasteiger partial charge >= 0.3 is 0 Å². The molecule has 0 amide bonds. The average molecular weight is 340 g/mol. The van der Waals surface area contributed by atoms with Crippen molar-refractivity contribution in [2.45, 2.75) is 54.4 Å². The molecule has 4 atom stereocenters. The van der Waals surface area contributed by atoms with Crippen LogP contribution >= 0.6 is 12.6 Å². The lowest BCUT2D eigenvalue weighted by atomic mass is 9.79. The van der Waals surface area contributed by atoms with Gasteiger partial charge in [-0.15, -0.1) is 12.6 Å². The standard InChI is InChI=1S/C18H20N4OS/c19-17-13-3-1-2-4-14(13)23-18(17)7-11-5-6-12(8-18)22(11)15-9-21-16(24)10-20-15/h1-4,9-12,17H,5-8,19H2,(H,21,24)/t11-,12?,17+,18+/m0/s1. The zero-order valence-corrected chi connectivity index (χ0v) is 14.2. The monoisotopic (exact) mass is 340 g/mol. The summed E-state index contributed by atoms with van der Waals surface area (Å²) in [7, 11) is 0. The van der Waals surface area contributed by atoms with Gasteiger partial charge < -0.3 is 15.4 Å². The Morgan fingerprint density at radius 2 is 1.88 bits per heavy atom. The van der Waals surface area contributed by atoms with Gasteiger partial charge in [0.2, 0.25) is 0 Å². The second-order valence-corrected chi connectivity index (χ2v) is 7.57. The SMILES string of the molecule is N[C@@H]1c2ccccc2O[C@]12CC1CC[C@@H](C2)N1c1cnc(S)cn1. The number of rotatable bonds is 1. The summed E-state index contributed by atoms with van der Waals surface area (Å²) in [6.45, 7) is 0. The molecule has 2 aromatic rings. The zero-order valence-electron chi connectivity index (χ0n) is 13.3. The molecule has 2 fully saturated rings. The highest BCUT2D eigenvalue weighted by atomic mass is 32.1. The summed E-state index contributed by atoms with van der Waals surface area (Å²) in [5.74, 6) is 1.90. The van der Waals surface area contributed by atoms with Crippen LogP contribution in [0.4, 0.5) is 5.82 Å². The van der Waals surface area contributed by atoms with E-state index in [-0.39, 0.29) is 11.6 Å². The lowest BCUT2D eigenvalue weighted by Crippen LogP contribution is -2.56.